The second kappa shape index (κ2) is 7.39. The van der Waals surface area contributed by atoms with E-state index < -0.39 is 0 Å². The van der Waals surface area contributed by atoms with Crippen LogP contribution in [-0.4, -0.2) is 47.0 Å². The number of rotatable bonds is 3. The summed E-state index contributed by atoms with van der Waals surface area (Å²) in [5.74, 6) is 1.03. The van der Waals surface area contributed by atoms with Gasteiger partial charge < -0.3 is 9.80 Å². The molecule has 1 aromatic carbocycles. The summed E-state index contributed by atoms with van der Waals surface area (Å²) >= 11 is 13.7. The number of piperazine rings is 1. The highest BCUT2D eigenvalue weighted by Gasteiger charge is 2.23. The summed E-state index contributed by atoms with van der Waals surface area (Å²) < 4.78 is 0. The number of amides is 1. The third-order valence-corrected chi connectivity index (χ3v) is 5.94. The van der Waals surface area contributed by atoms with Crippen molar-refractivity contribution in [2.75, 3.05) is 31.1 Å². The van der Waals surface area contributed by atoms with Gasteiger partial charge in [0.1, 0.15) is 17.0 Å². The highest BCUT2D eigenvalue weighted by Crippen LogP contribution is 2.27. The molecule has 1 amide bonds. The summed E-state index contributed by atoms with van der Waals surface area (Å²) in [5.41, 5.74) is 0.805. The van der Waals surface area contributed by atoms with Gasteiger partial charge in [-0.05, 0) is 29.1 Å². The van der Waals surface area contributed by atoms with Gasteiger partial charge in [0, 0.05) is 36.2 Å². The van der Waals surface area contributed by atoms with E-state index in [-0.39, 0.29) is 12.3 Å². The highest BCUT2D eigenvalue weighted by atomic mass is 35.5. The average molecular weight is 407 g/mol. The fourth-order valence-electron chi connectivity index (χ4n) is 3.14. The van der Waals surface area contributed by atoms with Crippen molar-refractivity contribution in [2.45, 2.75) is 6.42 Å². The number of fused-ring (bicyclic) bond motifs is 1. The second-order valence-electron chi connectivity index (χ2n) is 6.12. The van der Waals surface area contributed by atoms with E-state index in [1.165, 1.54) is 0 Å². The van der Waals surface area contributed by atoms with Crippen LogP contribution in [0.25, 0.3) is 10.2 Å². The number of thiophene rings is 1. The number of aromatic nitrogens is 2. The Balaban J connectivity index is 1.41. The smallest absolute Gasteiger partial charge is 0.227 e. The Kier molecular flexibility index (Phi) is 4.98. The van der Waals surface area contributed by atoms with Crippen LogP contribution in [0.4, 0.5) is 5.82 Å². The summed E-state index contributed by atoms with van der Waals surface area (Å²) in [6.45, 7) is 2.84. The number of benzene rings is 1. The average Bonchev–Trinajstić information content (AvgIpc) is 3.13. The summed E-state index contributed by atoms with van der Waals surface area (Å²) in [4.78, 5) is 26.4. The Bertz CT molecular complexity index is 953. The molecule has 1 aliphatic rings. The first kappa shape index (κ1) is 17.5. The molecule has 0 atom stereocenters. The molecule has 0 bridgehead atoms. The maximum absolute atomic E-state index is 12.6. The highest BCUT2D eigenvalue weighted by molar-refractivity contribution is 7.16. The molecule has 5 nitrogen and oxygen atoms in total. The quantitative estimate of drug-likeness (QED) is 0.661. The van der Waals surface area contributed by atoms with Crippen molar-refractivity contribution in [3.63, 3.8) is 0 Å². The van der Waals surface area contributed by atoms with E-state index in [9.17, 15) is 4.79 Å². The first-order chi connectivity index (χ1) is 12.6. The third kappa shape index (κ3) is 3.49. The van der Waals surface area contributed by atoms with Gasteiger partial charge in [0.2, 0.25) is 5.91 Å². The molecule has 1 aliphatic heterocycles. The fraction of sp³-hybridized carbons (Fsp3) is 0.278. The Morgan fingerprint density at radius 2 is 1.92 bits per heavy atom. The van der Waals surface area contributed by atoms with Gasteiger partial charge >= 0.3 is 0 Å². The molecule has 3 heterocycles. The summed E-state index contributed by atoms with van der Waals surface area (Å²) in [7, 11) is 0. The molecule has 1 saturated heterocycles. The van der Waals surface area contributed by atoms with Crippen LogP contribution in [0.3, 0.4) is 0 Å². The lowest BCUT2D eigenvalue weighted by Crippen LogP contribution is -2.49. The zero-order chi connectivity index (χ0) is 18.1. The van der Waals surface area contributed by atoms with Gasteiger partial charge in [-0.15, -0.1) is 11.3 Å². The van der Waals surface area contributed by atoms with Crippen LogP contribution in [0, 0.1) is 0 Å². The Morgan fingerprint density at radius 3 is 2.69 bits per heavy atom. The second-order valence-corrected chi connectivity index (χ2v) is 7.86. The van der Waals surface area contributed by atoms with E-state index in [0.29, 0.717) is 23.1 Å². The fourth-order valence-corrected chi connectivity index (χ4v) is 4.34. The van der Waals surface area contributed by atoms with Gasteiger partial charge in [-0.2, -0.15) is 0 Å². The van der Waals surface area contributed by atoms with E-state index in [4.69, 9.17) is 23.2 Å². The molecule has 0 N–H and O–H groups in total. The van der Waals surface area contributed by atoms with Crippen LogP contribution in [0.1, 0.15) is 5.56 Å². The molecular formula is C18H16Cl2N4OS. The predicted molar refractivity (Wildman–Crippen MR) is 106 cm³/mol. The van der Waals surface area contributed by atoms with E-state index >= 15 is 0 Å². The molecule has 0 radical (unpaired) electrons. The number of hydrogen-bond donors (Lipinski definition) is 0. The van der Waals surface area contributed by atoms with Crippen molar-refractivity contribution in [1.82, 2.24) is 14.9 Å². The predicted octanol–water partition coefficient (Wildman–Crippen LogP) is 3.89. The zero-order valence-corrected chi connectivity index (χ0v) is 16.2. The minimum absolute atomic E-state index is 0.0808. The summed E-state index contributed by atoms with van der Waals surface area (Å²) in [5, 5.41) is 4.21. The van der Waals surface area contributed by atoms with Crippen molar-refractivity contribution in [1.29, 1.82) is 0 Å². The lowest BCUT2D eigenvalue weighted by Gasteiger charge is -2.35. The molecule has 134 valence electrons. The Hall–Kier alpha value is -1.89. The Labute approximate surface area is 165 Å². The number of anilines is 1. The third-order valence-electron chi connectivity index (χ3n) is 4.53. The number of halogens is 2. The lowest BCUT2D eigenvalue weighted by molar-refractivity contribution is -0.130. The van der Waals surface area contributed by atoms with Crippen molar-refractivity contribution in [3.8, 4) is 0 Å². The first-order valence-corrected chi connectivity index (χ1v) is 9.90. The molecule has 0 aliphatic carbocycles. The standard InChI is InChI=1S/C18H16Cl2N4OS/c19-13-2-1-12(15(20)10-13)9-16(25)23-4-6-24(7-5-23)17-14-3-8-26-18(14)22-11-21-17/h1-3,8,10-11H,4-7,9H2. The molecule has 8 heteroatoms. The van der Waals surface area contributed by atoms with E-state index in [2.05, 4.69) is 20.9 Å². The van der Waals surface area contributed by atoms with Crippen LogP contribution in [0.2, 0.25) is 10.0 Å². The topological polar surface area (TPSA) is 49.3 Å². The van der Waals surface area contributed by atoms with Crippen LogP contribution in [0.5, 0.6) is 0 Å². The van der Waals surface area contributed by atoms with Crippen molar-refractivity contribution >= 4 is 56.5 Å². The van der Waals surface area contributed by atoms with Crippen LogP contribution in [-0.2, 0) is 11.2 Å². The number of hydrogen-bond acceptors (Lipinski definition) is 5. The number of nitrogens with zero attached hydrogens (tertiary/aromatic N) is 4. The molecule has 1 fully saturated rings. The van der Waals surface area contributed by atoms with Gasteiger partial charge in [-0.1, -0.05) is 29.3 Å². The van der Waals surface area contributed by atoms with E-state index in [1.807, 2.05) is 16.3 Å². The van der Waals surface area contributed by atoms with Gasteiger partial charge in [0.25, 0.3) is 0 Å². The number of carbonyl (C=O) groups is 1. The maximum Gasteiger partial charge on any atom is 0.227 e. The van der Waals surface area contributed by atoms with Crippen molar-refractivity contribution in [2.24, 2.45) is 0 Å². The Morgan fingerprint density at radius 1 is 1.12 bits per heavy atom. The summed E-state index contributed by atoms with van der Waals surface area (Å²) in [6.07, 6.45) is 1.90. The summed E-state index contributed by atoms with van der Waals surface area (Å²) in [6, 6.07) is 7.29. The molecular weight excluding hydrogens is 391 g/mol. The normalized spacial score (nSPS) is 14.8. The van der Waals surface area contributed by atoms with Gasteiger partial charge in [-0.25, -0.2) is 9.97 Å². The maximum atomic E-state index is 12.6. The van der Waals surface area contributed by atoms with E-state index in [1.54, 1.807) is 29.8 Å². The van der Waals surface area contributed by atoms with Crippen LogP contribution >= 0.6 is 34.5 Å². The lowest BCUT2D eigenvalue weighted by atomic mass is 10.1. The monoisotopic (exact) mass is 406 g/mol. The number of carbonyl (C=O) groups excluding carboxylic acids is 1. The molecule has 4 rings (SSSR count). The molecule has 26 heavy (non-hydrogen) atoms. The van der Waals surface area contributed by atoms with Gasteiger partial charge in [-0.3, -0.25) is 4.79 Å². The van der Waals surface area contributed by atoms with Crippen LogP contribution < -0.4 is 4.90 Å². The van der Waals surface area contributed by atoms with Crippen molar-refractivity contribution < 1.29 is 4.79 Å². The SMILES string of the molecule is O=C(Cc1ccc(Cl)cc1Cl)N1CCN(c2ncnc3sccc23)CC1. The molecule has 3 aromatic rings. The van der Waals surface area contributed by atoms with Gasteiger partial charge in [0.15, 0.2) is 0 Å². The van der Waals surface area contributed by atoms with Crippen molar-refractivity contribution in [3.05, 3.63) is 51.6 Å². The van der Waals surface area contributed by atoms with E-state index in [0.717, 1.165) is 34.7 Å². The minimum atomic E-state index is 0.0808. The molecule has 0 spiro atoms. The molecule has 0 saturated carbocycles. The van der Waals surface area contributed by atoms with Crippen LogP contribution in [0.15, 0.2) is 36.0 Å². The van der Waals surface area contributed by atoms with Gasteiger partial charge in [0.05, 0.1) is 11.8 Å². The minimum Gasteiger partial charge on any atom is -0.352 e. The zero-order valence-electron chi connectivity index (χ0n) is 13.9. The first-order valence-electron chi connectivity index (χ1n) is 8.26. The molecule has 2 aromatic heterocycles. The largest absolute Gasteiger partial charge is 0.352 e. The molecule has 0 unspecified atom stereocenters.